The van der Waals surface area contributed by atoms with Crippen LogP contribution >= 0.6 is 0 Å². The molecule has 0 heterocycles. The summed E-state index contributed by atoms with van der Waals surface area (Å²) >= 11 is 0. The Kier molecular flexibility index (Phi) is 7.23. The van der Waals surface area contributed by atoms with Crippen LogP contribution < -0.4 is 15.8 Å². The highest BCUT2D eigenvalue weighted by Gasteiger charge is 2.18. The van der Waals surface area contributed by atoms with Gasteiger partial charge in [0.05, 0.1) is 0 Å². The Morgan fingerprint density at radius 2 is 2.10 bits per heavy atom. The van der Waals surface area contributed by atoms with Gasteiger partial charge in [-0.15, -0.1) is 0 Å². The standard InChI is InChI=1S/C17H28N2O2/c1-5-7-13(3)19-17(20)14(4)21-16-12(2)8-6-9-15(16)10-11-18/h6,8-9,13-14H,5,7,10-11,18H2,1-4H3,(H,19,20). The van der Waals surface area contributed by atoms with E-state index in [1.807, 2.05) is 32.0 Å². The van der Waals surface area contributed by atoms with Crippen LogP contribution in [0.25, 0.3) is 0 Å². The van der Waals surface area contributed by atoms with Crippen molar-refractivity contribution in [3.63, 3.8) is 0 Å². The van der Waals surface area contributed by atoms with Crippen molar-refractivity contribution in [1.82, 2.24) is 5.32 Å². The maximum Gasteiger partial charge on any atom is 0.260 e. The van der Waals surface area contributed by atoms with Gasteiger partial charge in [0, 0.05) is 6.04 Å². The van der Waals surface area contributed by atoms with E-state index in [0.29, 0.717) is 6.54 Å². The fourth-order valence-corrected chi connectivity index (χ4v) is 2.33. The lowest BCUT2D eigenvalue weighted by molar-refractivity contribution is -0.127. The van der Waals surface area contributed by atoms with Crippen LogP contribution in [0, 0.1) is 6.92 Å². The highest BCUT2D eigenvalue weighted by atomic mass is 16.5. The van der Waals surface area contributed by atoms with Gasteiger partial charge in [-0.05, 0) is 51.3 Å². The average Bonchev–Trinajstić information content (AvgIpc) is 2.42. The minimum atomic E-state index is -0.512. The number of para-hydroxylation sites is 1. The minimum absolute atomic E-state index is 0.0714. The summed E-state index contributed by atoms with van der Waals surface area (Å²) in [6.07, 6.45) is 2.26. The Balaban J connectivity index is 2.74. The van der Waals surface area contributed by atoms with E-state index in [-0.39, 0.29) is 11.9 Å². The first kappa shape index (κ1) is 17.5. The van der Waals surface area contributed by atoms with Crippen molar-refractivity contribution < 1.29 is 9.53 Å². The molecule has 0 radical (unpaired) electrons. The van der Waals surface area contributed by atoms with Gasteiger partial charge in [-0.1, -0.05) is 31.5 Å². The first-order valence-corrected chi connectivity index (χ1v) is 7.75. The maximum atomic E-state index is 12.2. The van der Waals surface area contributed by atoms with Crippen LogP contribution in [0.1, 0.15) is 44.7 Å². The van der Waals surface area contributed by atoms with E-state index >= 15 is 0 Å². The molecule has 1 amide bonds. The number of hydrogen-bond acceptors (Lipinski definition) is 3. The molecule has 0 bridgehead atoms. The third kappa shape index (κ3) is 5.38. The number of amides is 1. The van der Waals surface area contributed by atoms with Crippen LogP contribution in [-0.2, 0) is 11.2 Å². The van der Waals surface area contributed by atoms with Gasteiger partial charge in [-0.2, -0.15) is 0 Å². The molecular weight excluding hydrogens is 264 g/mol. The quantitative estimate of drug-likeness (QED) is 0.774. The Hall–Kier alpha value is -1.55. The normalized spacial score (nSPS) is 13.6. The smallest absolute Gasteiger partial charge is 0.260 e. The van der Waals surface area contributed by atoms with Gasteiger partial charge < -0.3 is 15.8 Å². The van der Waals surface area contributed by atoms with Crippen LogP contribution in [0.5, 0.6) is 5.75 Å². The second kappa shape index (κ2) is 8.67. The number of aryl methyl sites for hydroxylation is 1. The third-order valence-corrected chi connectivity index (χ3v) is 3.48. The van der Waals surface area contributed by atoms with Crippen molar-refractivity contribution in [1.29, 1.82) is 0 Å². The largest absolute Gasteiger partial charge is 0.480 e. The summed E-state index contributed by atoms with van der Waals surface area (Å²) in [4.78, 5) is 12.2. The van der Waals surface area contributed by atoms with Gasteiger partial charge in [0.1, 0.15) is 5.75 Å². The zero-order valence-electron chi connectivity index (χ0n) is 13.6. The topological polar surface area (TPSA) is 64.3 Å². The van der Waals surface area contributed by atoms with Crippen molar-refractivity contribution in [3.05, 3.63) is 29.3 Å². The van der Waals surface area contributed by atoms with E-state index in [2.05, 4.69) is 12.2 Å². The van der Waals surface area contributed by atoms with E-state index in [1.54, 1.807) is 6.92 Å². The Labute approximate surface area is 128 Å². The zero-order valence-corrected chi connectivity index (χ0v) is 13.6. The Morgan fingerprint density at radius 1 is 1.38 bits per heavy atom. The number of carbonyl (C=O) groups is 1. The predicted molar refractivity (Wildman–Crippen MR) is 86.5 cm³/mol. The predicted octanol–water partition coefficient (Wildman–Crippen LogP) is 2.57. The number of benzene rings is 1. The number of carbonyl (C=O) groups excluding carboxylic acids is 1. The summed E-state index contributed by atoms with van der Waals surface area (Å²) in [5.74, 6) is 0.714. The number of hydrogen-bond donors (Lipinski definition) is 2. The van der Waals surface area contributed by atoms with Crippen LogP contribution in [0.2, 0.25) is 0 Å². The van der Waals surface area contributed by atoms with Crippen molar-refractivity contribution in [2.24, 2.45) is 5.73 Å². The number of nitrogens with one attached hydrogen (secondary N) is 1. The SMILES string of the molecule is CCCC(C)NC(=O)C(C)Oc1c(C)cccc1CCN. The molecule has 2 unspecified atom stereocenters. The Morgan fingerprint density at radius 3 is 2.71 bits per heavy atom. The molecule has 0 aliphatic heterocycles. The highest BCUT2D eigenvalue weighted by molar-refractivity contribution is 5.81. The first-order chi connectivity index (χ1) is 9.99. The van der Waals surface area contributed by atoms with Gasteiger partial charge in [-0.3, -0.25) is 4.79 Å². The second-order valence-corrected chi connectivity index (χ2v) is 5.56. The van der Waals surface area contributed by atoms with Crippen molar-refractivity contribution in [2.75, 3.05) is 6.54 Å². The van der Waals surface area contributed by atoms with Crippen molar-refractivity contribution in [3.8, 4) is 5.75 Å². The number of rotatable bonds is 8. The fraction of sp³-hybridized carbons (Fsp3) is 0.588. The lowest BCUT2D eigenvalue weighted by Crippen LogP contribution is -2.41. The van der Waals surface area contributed by atoms with Crippen LogP contribution in [0.3, 0.4) is 0 Å². The molecule has 1 rings (SSSR count). The van der Waals surface area contributed by atoms with E-state index in [0.717, 1.165) is 36.1 Å². The van der Waals surface area contributed by atoms with Gasteiger partial charge in [-0.25, -0.2) is 0 Å². The summed E-state index contributed by atoms with van der Waals surface area (Å²) in [5.41, 5.74) is 7.72. The number of nitrogens with two attached hydrogens (primary N) is 1. The lowest BCUT2D eigenvalue weighted by atomic mass is 10.1. The highest BCUT2D eigenvalue weighted by Crippen LogP contribution is 2.25. The molecule has 4 nitrogen and oxygen atoms in total. The Bertz CT molecular complexity index is 460. The third-order valence-electron chi connectivity index (χ3n) is 3.48. The lowest BCUT2D eigenvalue weighted by Gasteiger charge is -2.21. The summed E-state index contributed by atoms with van der Waals surface area (Å²) in [7, 11) is 0. The molecule has 0 saturated heterocycles. The molecule has 3 N–H and O–H groups in total. The average molecular weight is 292 g/mol. The van der Waals surface area contributed by atoms with Crippen LogP contribution in [-0.4, -0.2) is 24.6 Å². The second-order valence-electron chi connectivity index (χ2n) is 5.56. The number of ether oxygens (including phenoxy) is 1. The summed E-state index contributed by atoms with van der Waals surface area (Å²) in [6, 6.07) is 6.15. The molecule has 118 valence electrons. The van der Waals surface area contributed by atoms with Crippen LogP contribution in [0.15, 0.2) is 18.2 Å². The first-order valence-electron chi connectivity index (χ1n) is 7.75. The molecule has 1 aromatic carbocycles. The molecule has 0 spiro atoms. The monoisotopic (exact) mass is 292 g/mol. The van der Waals surface area contributed by atoms with E-state index in [9.17, 15) is 4.79 Å². The molecule has 0 aromatic heterocycles. The molecule has 0 fully saturated rings. The fourth-order valence-electron chi connectivity index (χ4n) is 2.33. The van der Waals surface area contributed by atoms with Gasteiger partial charge >= 0.3 is 0 Å². The van der Waals surface area contributed by atoms with Gasteiger partial charge in [0.15, 0.2) is 6.10 Å². The van der Waals surface area contributed by atoms with Gasteiger partial charge in [0.25, 0.3) is 5.91 Å². The molecule has 1 aromatic rings. The summed E-state index contributed by atoms with van der Waals surface area (Å²) < 4.78 is 5.90. The van der Waals surface area contributed by atoms with E-state index in [4.69, 9.17) is 10.5 Å². The molecule has 0 aliphatic rings. The molecule has 0 saturated carbocycles. The summed E-state index contributed by atoms with van der Waals surface area (Å²) in [5, 5.41) is 2.98. The van der Waals surface area contributed by atoms with E-state index in [1.165, 1.54) is 0 Å². The molecule has 21 heavy (non-hydrogen) atoms. The maximum absolute atomic E-state index is 12.2. The minimum Gasteiger partial charge on any atom is -0.480 e. The summed E-state index contributed by atoms with van der Waals surface area (Å²) in [6.45, 7) is 8.46. The molecule has 2 atom stereocenters. The van der Waals surface area contributed by atoms with Gasteiger partial charge in [0.2, 0.25) is 0 Å². The molecule has 4 heteroatoms. The van der Waals surface area contributed by atoms with Crippen LogP contribution in [0.4, 0.5) is 0 Å². The van der Waals surface area contributed by atoms with Crippen molar-refractivity contribution in [2.45, 2.75) is 59.1 Å². The van der Waals surface area contributed by atoms with E-state index < -0.39 is 6.10 Å². The zero-order chi connectivity index (χ0) is 15.8. The molecule has 0 aliphatic carbocycles. The van der Waals surface area contributed by atoms with Crippen molar-refractivity contribution >= 4 is 5.91 Å². The molecular formula is C17H28N2O2.